The molecule has 0 aromatic carbocycles. The topological polar surface area (TPSA) is 73.4 Å². The summed E-state index contributed by atoms with van der Waals surface area (Å²) in [7, 11) is 1.74. The van der Waals surface area contributed by atoms with E-state index in [4.69, 9.17) is 10.5 Å². The van der Waals surface area contributed by atoms with Gasteiger partial charge in [-0.2, -0.15) is 5.10 Å². The van der Waals surface area contributed by atoms with Crippen molar-refractivity contribution in [3.05, 3.63) is 11.8 Å². The summed E-state index contributed by atoms with van der Waals surface area (Å²) in [6.45, 7) is 4.02. The van der Waals surface area contributed by atoms with Gasteiger partial charge >= 0.3 is 0 Å². The van der Waals surface area contributed by atoms with Gasteiger partial charge in [-0.3, -0.25) is 9.69 Å². The summed E-state index contributed by atoms with van der Waals surface area (Å²) in [6, 6.07) is 1.51. The quantitative estimate of drug-likeness (QED) is 0.774. The van der Waals surface area contributed by atoms with Gasteiger partial charge in [0.05, 0.1) is 18.3 Å². The van der Waals surface area contributed by atoms with Crippen LogP contribution in [0.1, 0.15) is 19.0 Å². The molecule has 2 N–H and O–H groups in total. The molecule has 1 aliphatic heterocycles. The van der Waals surface area contributed by atoms with Crippen molar-refractivity contribution < 1.29 is 9.53 Å². The molecule has 1 aromatic heterocycles. The standard InChI is InChI=1S/C12H20N4O2/c1-3-18-7-5-9-8-11-15(2)12(17)10(13)4-6-16(11)14-9/h8,10H,3-7,13H2,1-2H3. The number of fused-ring (bicyclic) bond motifs is 1. The lowest BCUT2D eigenvalue weighted by Crippen LogP contribution is -2.40. The number of ether oxygens (including phenoxy) is 1. The number of carbonyl (C=O) groups is 1. The minimum atomic E-state index is -0.427. The third kappa shape index (κ3) is 2.54. The third-order valence-corrected chi connectivity index (χ3v) is 3.16. The molecule has 1 amide bonds. The number of nitrogens with two attached hydrogens (primary N) is 1. The van der Waals surface area contributed by atoms with E-state index in [1.165, 1.54) is 0 Å². The highest BCUT2D eigenvalue weighted by Gasteiger charge is 2.26. The second kappa shape index (κ2) is 5.49. The van der Waals surface area contributed by atoms with Crippen LogP contribution in [-0.4, -0.2) is 42.0 Å². The van der Waals surface area contributed by atoms with Crippen LogP contribution in [0.15, 0.2) is 6.07 Å². The van der Waals surface area contributed by atoms with E-state index in [1.807, 2.05) is 17.7 Å². The highest BCUT2D eigenvalue weighted by Crippen LogP contribution is 2.20. The molecule has 6 nitrogen and oxygen atoms in total. The first-order valence-corrected chi connectivity index (χ1v) is 6.31. The average molecular weight is 252 g/mol. The molecule has 0 aliphatic carbocycles. The van der Waals surface area contributed by atoms with E-state index in [9.17, 15) is 4.79 Å². The molecule has 0 saturated heterocycles. The van der Waals surface area contributed by atoms with Crippen molar-refractivity contribution in [2.75, 3.05) is 25.2 Å². The van der Waals surface area contributed by atoms with Crippen molar-refractivity contribution in [3.63, 3.8) is 0 Å². The number of likely N-dealkylation sites (N-methyl/N-ethyl adjacent to an activating group) is 1. The Hall–Kier alpha value is -1.40. The zero-order valence-electron chi connectivity index (χ0n) is 10.9. The Morgan fingerprint density at radius 1 is 1.61 bits per heavy atom. The first-order valence-electron chi connectivity index (χ1n) is 6.31. The lowest BCUT2D eigenvalue weighted by atomic mass is 10.2. The van der Waals surface area contributed by atoms with Crippen molar-refractivity contribution in [2.45, 2.75) is 32.4 Å². The van der Waals surface area contributed by atoms with Gasteiger partial charge in [-0.05, 0) is 13.3 Å². The smallest absolute Gasteiger partial charge is 0.244 e. The van der Waals surface area contributed by atoms with Gasteiger partial charge in [0.25, 0.3) is 0 Å². The molecule has 2 heterocycles. The first kappa shape index (κ1) is 13.0. The van der Waals surface area contributed by atoms with Crippen molar-refractivity contribution >= 4 is 11.7 Å². The van der Waals surface area contributed by atoms with E-state index < -0.39 is 6.04 Å². The lowest BCUT2D eigenvalue weighted by Gasteiger charge is -2.16. The van der Waals surface area contributed by atoms with Gasteiger partial charge < -0.3 is 10.5 Å². The molecule has 0 radical (unpaired) electrons. The molecule has 0 spiro atoms. The normalized spacial score (nSPS) is 19.8. The highest BCUT2D eigenvalue weighted by molar-refractivity contribution is 5.96. The number of aryl methyl sites for hydroxylation is 1. The second-order valence-corrected chi connectivity index (χ2v) is 4.46. The lowest BCUT2D eigenvalue weighted by molar-refractivity contribution is -0.119. The maximum atomic E-state index is 11.9. The summed E-state index contributed by atoms with van der Waals surface area (Å²) >= 11 is 0. The summed E-state index contributed by atoms with van der Waals surface area (Å²) in [6.07, 6.45) is 1.39. The molecule has 6 heteroatoms. The molecule has 1 atom stereocenters. The third-order valence-electron chi connectivity index (χ3n) is 3.16. The molecule has 0 fully saturated rings. The maximum absolute atomic E-state index is 11.9. The van der Waals surface area contributed by atoms with Crippen LogP contribution in [0.5, 0.6) is 0 Å². The van der Waals surface area contributed by atoms with Crippen LogP contribution in [0.25, 0.3) is 0 Å². The van der Waals surface area contributed by atoms with Crippen LogP contribution < -0.4 is 10.6 Å². The molecule has 2 rings (SSSR count). The van der Waals surface area contributed by atoms with Crippen molar-refractivity contribution in [2.24, 2.45) is 5.73 Å². The van der Waals surface area contributed by atoms with Gasteiger partial charge in [0.2, 0.25) is 5.91 Å². The Kier molecular flexibility index (Phi) is 3.98. The van der Waals surface area contributed by atoms with E-state index in [2.05, 4.69) is 5.10 Å². The van der Waals surface area contributed by atoms with Gasteiger partial charge in [-0.15, -0.1) is 0 Å². The van der Waals surface area contributed by atoms with Gasteiger partial charge in [-0.25, -0.2) is 4.68 Å². The van der Waals surface area contributed by atoms with Crippen LogP contribution in [-0.2, 0) is 22.5 Å². The number of amides is 1. The molecular formula is C12H20N4O2. The van der Waals surface area contributed by atoms with E-state index >= 15 is 0 Å². The van der Waals surface area contributed by atoms with Crippen LogP contribution >= 0.6 is 0 Å². The van der Waals surface area contributed by atoms with E-state index in [0.717, 1.165) is 17.9 Å². The Morgan fingerprint density at radius 3 is 3.11 bits per heavy atom. The largest absolute Gasteiger partial charge is 0.381 e. The highest BCUT2D eigenvalue weighted by atomic mass is 16.5. The number of hydrogen-bond donors (Lipinski definition) is 1. The van der Waals surface area contributed by atoms with Gasteiger partial charge in [0, 0.05) is 32.7 Å². The molecule has 0 saturated carbocycles. The van der Waals surface area contributed by atoms with Crippen molar-refractivity contribution in [1.82, 2.24) is 9.78 Å². The summed E-state index contributed by atoms with van der Waals surface area (Å²) < 4.78 is 7.16. The number of aromatic nitrogens is 2. The summed E-state index contributed by atoms with van der Waals surface area (Å²) in [5.74, 6) is 0.768. The fraction of sp³-hybridized carbons (Fsp3) is 0.667. The van der Waals surface area contributed by atoms with Crippen molar-refractivity contribution in [3.8, 4) is 0 Å². The predicted octanol–water partition coefficient (Wildman–Crippen LogP) is 0.156. The van der Waals surface area contributed by atoms with Gasteiger partial charge in [-0.1, -0.05) is 0 Å². The van der Waals surface area contributed by atoms with E-state index in [0.29, 0.717) is 26.2 Å². The SMILES string of the molecule is CCOCCc1cc2n(n1)CCC(N)C(=O)N2C. The number of carbonyl (C=O) groups excluding carboxylic acids is 1. The Labute approximate surface area is 107 Å². The van der Waals surface area contributed by atoms with Crippen LogP contribution in [0.3, 0.4) is 0 Å². The van der Waals surface area contributed by atoms with Crippen LogP contribution in [0.2, 0.25) is 0 Å². The van der Waals surface area contributed by atoms with Gasteiger partial charge in [0.15, 0.2) is 0 Å². The molecule has 1 aromatic rings. The minimum absolute atomic E-state index is 0.0509. The fourth-order valence-corrected chi connectivity index (χ4v) is 2.08. The Morgan fingerprint density at radius 2 is 2.39 bits per heavy atom. The zero-order chi connectivity index (χ0) is 13.1. The zero-order valence-corrected chi connectivity index (χ0v) is 10.9. The van der Waals surface area contributed by atoms with E-state index in [1.54, 1.807) is 11.9 Å². The van der Waals surface area contributed by atoms with Gasteiger partial charge in [0.1, 0.15) is 5.82 Å². The molecular weight excluding hydrogens is 232 g/mol. The van der Waals surface area contributed by atoms with E-state index in [-0.39, 0.29) is 5.91 Å². The minimum Gasteiger partial charge on any atom is -0.381 e. The molecule has 1 unspecified atom stereocenters. The number of rotatable bonds is 4. The second-order valence-electron chi connectivity index (χ2n) is 4.46. The Balaban J connectivity index is 2.14. The number of anilines is 1. The van der Waals surface area contributed by atoms with Crippen LogP contribution in [0, 0.1) is 0 Å². The molecule has 0 bridgehead atoms. The molecule has 1 aliphatic rings. The molecule has 18 heavy (non-hydrogen) atoms. The average Bonchev–Trinajstić information content (AvgIpc) is 2.74. The number of nitrogens with zero attached hydrogens (tertiary/aromatic N) is 3. The van der Waals surface area contributed by atoms with Crippen molar-refractivity contribution in [1.29, 1.82) is 0 Å². The Bertz CT molecular complexity index is 430. The monoisotopic (exact) mass is 252 g/mol. The molecule has 100 valence electrons. The van der Waals surface area contributed by atoms with Crippen LogP contribution in [0.4, 0.5) is 5.82 Å². The first-order chi connectivity index (χ1) is 8.63. The maximum Gasteiger partial charge on any atom is 0.244 e. The summed E-state index contributed by atoms with van der Waals surface area (Å²) in [5, 5.41) is 4.49. The summed E-state index contributed by atoms with van der Waals surface area (Å²) in [5.41, 5.74) is 6.74. The predicted molar refractivity (Wildman–Crippen MR) is 68.4 cm³/mol. The number of hydrogen-bond acceptors (Lipinski definition) is 4. The summed E-state index contributed by atoms with van der Waals surface area (Å²) in [4.78, 5) is 13.5. The fourth-order valence-electron chi connectivity index (χ4n) is 2.08.